The maximum absolute atomic E-state index is 6.67. The molecule has 1 aromatic rings. The second kappa shape index (κ2) is 7.37. The minimum atomic E-state index is -2.08. The molecule has 3 nitrogen and oxygen atoms in total. The van der Waals surface area contributed by atoms with E-state index in [9.17, 15) is 0 Å². The van der Waals surface area contributed by atoms with E-state index in [4.69, 9.17) is 49.2 Å². The summed E-state index contributed by atoms with van der Waals surface area (Å²) in [5, 5.41) is 0.0597. The van der Waals surface area contributed by atoms with E-state index in [1.54, 1.807) is 0 Å². The molecule has 0 aromatic heterocycles. The van der Waals surface area contributed by atoms with E-state index >= 15 is 0 Å². The topological polar surface area (TPSA) is 27.7 Å². The molecular formula is C16H24BCl2O3PS2. The molecule has 3 rings (SSSR count). The van der Waals surface area contributed by atoms with E-state index in [0.29, 0.717) is 0 Å². The van der Waals surface area contributed by atoms with Crippen LogP contribution in [-0.2, 0) is 4.44 Å². The lowest BCUT2D eigenvalue weighted by atomic mass is 10.2. The van der Waals surface area contributed by atoms with Gasteiger partial charge in [0.25, 0.3) is 0 Å². The Labute approximate surface area is 170 Å². The number of fused-ring (bicyclic) bond motifs is 1. The minimum absolute atomic E-state index is 0.0674. The first-order chi connectivity index (χ1) is 11.4. The van der Waals surface area contributed by atoms with Gasteiger partial charge in [-0.1, -0.05) is 12.1 Å². The third-order valence-electron chi connectivity index (χ3n) is 4.07. The second-order valence-electron chi connectivity index (χ2n) is 7.80. The Hall–Kier alpha value is 0.295. The summed E-state index contributed by atoms with van der Waals surface area (Å²) in [7, 11) is -2.08. The van der Waals surface area contributed by atoms with E-state index in [1.165, 1.54) is 11.6 Å². The number of halogens is 2. The Kier molecular flexibility index (Phi) is 6.37. The van der Waals surface area contributed by atoms with Crippen LogP contribution in [-0.4, -0.2) is 25.6 Å². The van der Waals surface area contributed by atoms with Gasteiger partial charge in [-0.2, -0.15) is 11.6 Å². The molecule has 1 fully saturated rings. The predicted octanol–water partition coefficient (Wildman–Crippen LogP) is 6.89. The summed E-state index contributed by atoms with van der Waals surface area (Å²) in [6, 6.07) is 5.76. The van der Waals surface area contributed by atoms with E-state index in [2.05, 4.69) is 41.5 Å². The summed E-state index contributed by atoms with van der Waals surface area (Å²) in [5.74, 6) is 1.47. The van der Waals surface area contributed by atoms with Crippen molar-refractivity contribution in [1.29, 1.82) is 0 Å². The van der Waals surface area contributed by atoms with Crippen LogP contribution in [0.2, 0.25) is 0 Å². The fourth-order valence-electron chi connectivity index (χ4n) is 3.40. The molecule has 25 heavy (non-hydrogen) atoms. The highest BCUT2D eigenvalue weighted by atomic mass is 35.5. The number of benzene rings is 1. The van der Waals surface area contributed by atoms with Gasteiger partial charge < -0.3 is 13.7 Å². The molecular weight excluding hydrogens is 417 g/mol. The molecule has 1 aromatic carbocycles. The van der Waals surface area contributed by atoms with Crippen LogP contribution < -0.4 is 9.31 Å². The normalized spacial score (nSPS) is 20.4. The van der Waals surface area contributed by atoms with Crippen molar-refractivity contribution in [1.82, 2.24) is 0 Å². The predicted molar refractivity (Wildman–Crippen MR) is 118 cm³/mol. The molecule has 1 saturated heterocycles. The molecule has 2 heterocycles. The first kappa shape index (κ1) is 21.6. The van der Waals surface area contributed by atoms with Crippen LogP contribution in [0.4, 0.5) is 0 Å². The number of rotatable bonds is 0. The molecule has 2 aliphatic heterocycles. The molecule has 0 saturated carbocycles. The summed E-state index contributed by atoms with van der Waals surface area (Å²) in [5.41, 5.74) is 0. The smallest absolute Gasteiger partial charge is 0.598 e. The van der Waals surface area contributed by atoms with Crippen molar-refractivity contribution in [2.45, 2.75) is 51.9 Å². The lowest BCUT2D eigenvalue weighted by Gasteiger charge is -2.44. The van der Waals surface area contributed by atoms with Crippen molar-refractivity contribution in [3.63, 3.8) is 0 Å². The quantitative estimate of drug-likeness (QED) is 0.189. The summed E-state index contributed by atoms with van der Waals surface area (Å²) in [6.45, 7) is 13.2. The minimum Gasteiger partial charge on any atom is -0.646 e. The van der Waals surface area contributed by atoms with Gasteiger partial charge in [-0.15, -0.1) is 23.2 Å². The molecule has 0 unspecified atom stereocenters. The average molecular weight is 441 g/mol. The van der Waals surface area contributed by atoms with Crippen molar-refractivity contribution in [3.8, 4) is 11.5 Å². The Morgan fingerprint density at radius 2 is 1.40 bits per heavy atom. The Balaban J connectivity index is 0.000000701. The van der Waals surface area contributed by atoms with E-state index in [0.717, 1.165) is 15.4 Å². The molecule has 0 bridgehead atoms. The summed E-state index contributed by atoms with van der Waals surface area (Å²) >= 11 is 16.8. The van der Waals surface area contributed by atoms with Crippen molar-refractivity contribution in [3.05, 3.63) is 24.3 Å². The number of hydrogen-bond donors (Lipinski definition) is 0. The Morgan fingerprint density at radius 1 is 1.00 bits per heavy atom. The standard InChI is InChI=1S/C15H22BO3PS2.CH2Cl2/c1-14(2,3)20(15(4,5)6)13(21)22-16(19-20)17-11-9-7-8-10-12(11)18-16;2-1-3/h7-10H,1-6H3;1H2. The molecule has 0 atom stereocenters. The van der Waals surface area contributed by atoms with Gasteiger partial charge in [0.15, 0.2) is 11.4 Å². The van der Waals surface area contributed by atoms with Crippen molar-refractivity contribution < 1.29 is 13.7 Å². The van der Waals surface area contributed by atoms with Gasteiger partial charge in [0.2, 0.25) is 0 Å². The molecule has 2 aliphatic rings. The molecule has 140 valence electrons. The highest BCUT2D eigenvalue weighted by molar-refractivity contribution is 8.54. The van der Waals surface area contributed by atoms with Crippen LogP contribution in [0.3, 0.4) is 0 Å². The lowest BCUT2D eigenvalue weighted by Crippen LogP contribution is -2.45. The maximum atomic E-state index is 6.67. The van der Waals surface area contributed by atoms with Crippen LogP contribution in [0.25, 0.3) is 0 Å². The van der Waals surface area contributed by atoms with Crippen molar-refractivity contribution in [2.75, 3.05) is 5.34 Å². The van der Waals surface area contributed by atoms with Gasteiger partial charge >= 0.3 is 6.03 Å². The lowest BCUT2D eigenvalue weighted by molar-refractivity contribution is 0.343. The first-order valence-corrected chi connectivity index (χ1v) is 12.0. The van der Waals surface area contributed by atoms with Gasteiger partial charge in [0.05, 0.1) is 15.7 Å². The number of para-hydroxylation sites is 2. The monoisotopic (exact) mass is 440 g/mol. The van der Waals surface area contributed by atoms with E-state index < -0.39 is 13.5 Å². The van der Waals surface area contributed by atoms with Gasteiger partial charge in [-0.05, 0) is 65.9 Å². The first-order valence-electron chi connectivity index (χ1n) is 7.97. The summed E-state index contributed by atoms with van der Waals surface area (Å²) in [4.78, 5) is 0. The van der Waals surface area contributed by atoms with Gasteiger partial charge in [-0.25, -0.2) is 0 Å². The van der Waals surface area contributed by atoms with E-state index in [1.807, 2.05) is 24.3 Å². The Morgan fingerprint density at radius 3 is 1.72 bits per heavy atom. The largest absolute Gasteiger partial charge is 0.646 e. The fourth-order valence-corrected chi connectivity index (χ4v) is 13.7. The molecule has 0 radical (unpaired) electrons. The Bertz CT molecular complexity index is 623. The van der Waals surface area contributed by atoms with Gasteiger partial charge in [-0.3, -0.25) is 0 Å². The number of alkyl halides is 2. The highest BCUT2D eigenvalue weighted by Gasteiger charge is 2.72. The number of thiocarbonyl (C=S) groups is 1. The van der Waals surface area contributed by atoms with Gasteiger partial charge in [0, 0.05) is 0 Å². The zero-order chi connectivity index (χ0) is 19.1. The third kappa shape index (κ3) is 3.81. The average Bonchev–Trinajstić information content (AvgIpc) is 2.95. The maximum Gasteiger partial charge on any atom is 0.598 e. The van der Waals surface area contributed by atoms with Crippen molar-refractivity contribution in [2.24, 2.45) is 0 Å². The van der Waals surface area contributed by atoms with Crippen LogP contribution in [0.5, 0.6) is 11.5 Å². The number of hydrogen-bond acceptors (Lipinski definition) is 5. The van der Waals surface area contributed by atoms with E-state index in [-0.39, 0.29) is 15.7 Å². The van der Waals surface area contributed by atoms with Crippen molar-refractivity contribution >= 4 is 64.5 Å². The molecule has 9 heteroatoms. The van der Waals surface area contributed by atoms with Crippen LogP contribution in [0.1, 0.15) is 41.5 Å². The SMILES string of the molecule is CC(C)(C)[P+]1(C(C)(C)C)O[B-]2(Oc3ccccc3O2)SC1=S.ClCCl. The molecule has 0 amide bonds. The summed E-state index contributed by atoms with van der Waals surface area (Å²) < 4.78 is 19.8. The molecule has 0 N–H and O–H groups in total. The molecule has 1 spiro atoms. The summed E-state index contributed by atoms with van der Waals surface area (Å²) in [6.07, 6.45) is 0. The zero-order valence-electron chi connectivity index (χ0n) is 15.3. The highest BCUT2D eigenvalue weighted by Crippen LogP contribution is 2.85. The van der Waals surface area contributed by atoms with Crippen LogP contribution in [0, 0.1) is 0 Å². The van der Waals surface area contributed by atoms with Crippen LogP contribution >= 0.6 is 54.5 Å². The third-order valence-corrected chi connectivity index (χ3v) is 12.0. The van der Waals surface area contributed by atoms with Gasteiger partial charge in [0.1, 0.15) is 11.5 Å². The zero-order valence-corrected chi connectivity index (χ0v) is 19.4. The molecule has 0 aliphatic carbocycles. The van der Waals surface area contributed by atoms with Crippen LogP contribution in [0.15, 0.2) is 24.3 Å². The fraction of sp³-hybridized carbons (Fsp3) is 0.562. The second-order valence-corrected chi connectivity index (χ2v) is 15.7.